The molecule has 0 aliphatic carbocycles. The van der Waals surface area contributed by atoms with Crippen LogP contribution in [0, 0.1) is 0 Å². The van der Waals surface area contributed by atoms with Crippen molar-refractivity contribution in [1.29, 1.82) is 0 Å². The smallest absolute Gasteiger partial charge is 0.161 e. The maximum Gasteiger partial charge on any atom is 0.161 e. The normalized spacial score (nSPS) is 17.0. The molecular weight excluding hydrogens is 276 g/mol. The molecule has 1 saturated heterocycles. The molecule has 0 spiro atoms. The van der Waals surface area contributed by atoms with Gasteiger partial charge in [0.25, 0.3) is 0 Å². The molecule has 0 aromatic heterocycles. The highest BCUT2D eigenvalue weighted by Gasteiger charge is 2.13. The predicted molar refractivity (Wildman–Crippen MR) is 90.8 cm³/mol. The van der Waals surface area contributed by atoms with Crippen LogP contribution in [0.1, 0.15) is 13.8 Å². The molecule has 4 heteroatoms. The fraction of sp³-hybridized carbons (Fsp3) is 0.556. The van der Waals surface area contributed by atoms with Gasteiger partial charge in [0.15, 0.2) is 11.5 Å². The van der Waals surface area contributed by atoms with Crippen molar-refractivity contribution in [2.24, 2.45) is 0 Å². The first-order chi connectivity index (χ1) is 10.8. The molecule has 1 aromatic carbocycles. The van der Waals surface area contributed by atoms with Crippen molar-refractivity contribution in [3.05, 3.63) is 36.4 Å². The SMILES string of the molecule is CCOc1ccccc1OC/C=C/CN1CCN(CC)CC1. The molecule has 0 atom stereocenters. The molecule has 1 aliphatic rings. The second-order valence-electron chi connectivity index (χ2n) is 5.40. The van der Waals surface area contributed by atoms with Crippen molar-refractivity contribution in [2.75, 3.05) is 52.5 Å². The van der Waals surface area contributed by atoms with Crippen LogP contribution in [0.25, 0.3) is 0 Å². The van der Waals surface area contributed by atoms with E-state index < -0.39 is 0 Å². The summed E-state index contributed by atoms with van der Waals surface area (Å²) in [6.07, 6.45) is 4.29. The summed E-state index contributed by atoms with van der Waals surface area (Å²) in [7, 11) is 0. The van der Waals surface area contributed by atoms with Crippen LogP contribution in [-0.2, 0) is 0 Å². The third kappa shape index (κ3) is 5.35. The van der Waals surface area contributed by atoms with Gasteiger partial charge in [0, 0.05) is 32.7 Å². The zero-order valence-corrected chi connectivity index (χ0v) is 13.8. The Bertz CT molecular complexity index is 454. The Balaban J connectivity index is 1.68. The van der Waals surface area contributed by atoms with Gasteiger partial charge in [-0.2, -0.15) is 0 Å². The monoisotopic (exact) mass is 304 g/mol. The average Bonchev–Trinajstić information content (AvgIpc) is 2.57. The quantitative estimate of drug-likeness (QED) is 0.689. The molecule has 1 aliphatic heterocycles. The fourth-order valence-corrected chi connectivity index (χ4v) is 2.56. The van der Waals surface area contributed by atoms with Gasteiger partial charge in [0.1, 0.15) is 6.61 Å². The lowest BCUT2D eigenvalue weighted by atomic mass is 10.3. The first-order valence-electron chi connectivity index (χ1n) is 8.27. The lowest BCUT2D eigenvalue weighted by Crippen LogP contribution is -2.46. The Kier molecular flexibility index (Phi) is 7.26. The van der Waals surface area contributed by atoms with E-state index in [4.69, 9.17) is 9.47 Å². The molecule has 0 N–H and O–H groups in total. The summed E-state index contributed by atoms with van der Waals surface area (Å²) < 4.78 is 11.3. The van der Waals surface area contributed by atoms with Crippen molar-refractivity contribution in [3.8, 4) is 11.5 Å². The Labute approximate surface area is 134 Å². The van der Waals surface area contributed by atoms with E-state index in [1.165, 1.54) is 13.1 Å². The molecule has 0 bridgehead atoms. The predicted octanol–water partition coefficient (Wildman–Crippen LogP) is 2.66. The van der Waals surface area contributed by atoms with Gasteiger partial charge in [-0.25, -0.2) is 0 Å². The minimum atomic E-state index is 0.582. The summed E-state index contributed by atoms with van der Waals surface area (Å²) in [5.74, 6) is 1.62. The molecule has 0 saturated carbocycles. The van der Waals surface area contributed by atoms with E-state index in [-0.39, 0.29) is 0 Å². The van der Waals surface area contributed by atoms with E-state index in [0.29, 0.717) is 13.2 Å². The zero-order chi connectivity index (χ0) is 15.6. The maximum atomic E-state index is 5.78. The Hall–Kier alpha value is -1.52. The van der Waals surface area contributed by atoms with E-state index in [1.54, 1.807) is 0 Å². The Morgan fingerprint density at radius 3 is 2.18 bits per heavy atom. The number of para-hydroxylation sites is 2. The van der Waals surface area contributed by atoms with Crippen LogP contribution < -0.4 is 9.47 Å². The van der Waals surface area contributed by atoms with Gasteiger partial charge >= 0.3 is 0 Å². The van der Waals surface area contributed by atoms with Crippen molar-refractivity contribution >= 4 is 0 Å². The highest BCUT2D eigenvalue weighted by Crippen LogP contribution is 2.26. The van der Waals surface area contributed by atoms with Gasteiger partial charge in [0.05, 0.1) is 6.61 Å². The molecule has 4 nitrogen and oxygen atoms in total. The molecule has 0 radical (unpaired) electrons. The van der Waals surface area contributed by atoms with Crippen LogP contribution in [0.2, 0.25) is 0 Å². The van der Waals surface area contributed by atoms with Gasteiger partial charge in [0.2, 0.25) is 0 Å². The molecule has 1 aromatic rings. The number of ether oxygens (including phenoxy) is 2. The summed E-state index contributed by atoms with van der Waals surface area (Å²) in [6, 6.07) is 7.82. The Morgan fingerprint density at radius 1 is 0.909 bits per heavy atom. The van der Waals surface area contributed by atoms with Gasteiger partial charge in [-0.3, -0.25) is 4.90 Å². The molecule has 122 valence electrons. The van der Waals surface area contributed by atoms with Crippen LogP contribution >= 0.6 is 0 Å². The first kappa shape index (κ1) is 16.8. The summed E-state index contributed by atoms with van der Waals surface area (Å²) in [6.45, 7) is 12.3. The number of hydrogen-bond acceptors (Lipinski definition) is 4. The highest BCUT2D eigenvalue weighted by molar-refractivity contribution is 5.39. The third-order valence-electron chi connectivity index (χ3n) is 3.93. The maximum absolute atomic E-state index is 5.78. The van der Waals surface area contributed by atoms with Crippen LogP contribution in [0.3, 0.4) is 0 Å². The third-order valence-corrected chi connectivity index (χ3v) is 3.93. The van der Waals surface area contributed by atoms with Crippen molar-refractivity contribution in [2.45, 2.75) is 13.8 Å². The fourth-order valence-electron chi connectivity index (χ4n) is 2.56. The molecule has 22 heavy (non-hydrogen) atoms. The lowest BCUT2D eigenvalue weighted by Gasteiger charge is -2.33. The Morgan fingerprint density at radius 2 is 1.55 bits per heavy atom. The first-order valence-corrected chi connectivity index (χ1v) is 8.27. The van der Waals surface area contributed by atoms with E-state index in [2.05, 4.69) is 28.9 Å². The van der Waals surface area contributed by atoms with Gasteiger partial charge in [-0.15, -0.1) is 0 Å². The van der Waals surface area contributed by atoms with Crippen LogP contribution in [0.15, 0.2) is 36.4 Å². The van der Waals surface area contributed by atoms with Gasteiger partial charge in [-0.1, -0.05) is 31.2 Å². The highest BCUT2D eigenvalue weighted by atomic mass is 16.5. The molecular formula is C18H28N2O2. The summed E-state index contributed by atoms with van der Waals surface area (Å²) >= 11 is 0. The summed E-state index contributed by atoms with van der Waals surface area (Å²) in [5.41, 5.74) is 0. The average molecular weight is 304 g/mol. The number of hydrogen-bond donors (Lipinski definition) is 0. The number of rotatable bonds is 8. The second-order valence-corrected chi connectivity index (χ2v) is 5.40. The lowest BCUT2D eigenvalue weighted by molar-refractivity contribution is 0.148. The summed E-state index contributed by atoms with van der Waals surface area (Å²) in [4.78, 5) is 4.98. The van der Waals surface area contributed by atoms with Crippen molar-refractivity contribution in [3.63, 3.8) is 0 Å². The van der Waals surface area contributed by atoms with Crippen LogP contribution in [0.4, 0.5) is 0 Å². The number of likely N-dealkylation sites (N-methyl/N-ethyl adjacent to an activating group) is 1. The standard InChI is InChI=1S/C18H28N2O2/c1-3-19-12-14-20(15-13-19)11-7-8-16-22-18-10-6-5-9-17(18)21-4-2/h5-10H,3-4,11-16H2,1-2H3/b8-7+. The molecule has 2 rings (SSSR count). The van der Waals surface area contributed by atoms with Gasteiger partial charge < -0.3 is 14.4 Å². The zero-order valence-electron chi connectivity index (χ0n) is 13.8. The minimum Gasteiger partial charge on any atom is -0.490 e. The summed E-state index contributed by atoms with van der Waals surface area (Å²) in [5, 5.41) is 0. The largest absolute Gasteiger partial charge is 0.490 e. The van der Waals surface area contributed by atoms with Crippen LogP contribution in [-0.4, -0.2) is 62.3 Å². The molecule has 0 unspecified atom stereocenters. The number of benzene rings is 1. The van der Waals surface area contributed by atoms with Gasteiger partial charge in [-0.05, 0) is 25.6 Å². The number of piperazine rings is 1. The molecule has 1 fully saturated rings. The topological polar surface area (TPSA) is 24.9 Å². The van der Waals surface area contributed by atoms with Crippen molar-refractivity contribution < 1.29 is 9.47 Å². The molecule has 1 heterocycles. The van der Waals surface area contributed by atoms with E-state index in [9.17, 15) is 0 Å². The van der Waals surface area contributed by atoms with E-state index in [0.717, 1.165) is 37.7 Å². The number of nitrogens with zero attached hydrogens (tertiary/aromatic N) is 2. The van der Waals surface area contributed by atoms with Crippen molar-refractivity contribution in [1.82, 2.24) is 9.80 Å². The van der Waals surface area contributed by atoms with E-state index in [1.807, 2.05) is 31.2 Å². The second kappa shape index (κ2) is 9.49. The molecule has 0 amide bonds. The van der Waals surface area contributed by atoms with E-state index >= 15 is 0 Å². The van der Waals surface area contributed by atoms with Crippen LogP contribution in [0.5, 0.6) is 11.5 Å². The minimum absolute atomic E-state index is 0.582.